The number of benzene rings is 1. The Morgan fingerprint density at radius 2 is 1.63 bits per heavy atom. The third-order valence-electron chi connectivity index (χ3n) is 6.41. The lowest BCUT2D eigenvalue weighted by Gasteiger charge is -2.29. The van der Waals surface area contributed by atoms with E-state index < -0.39 is 35.9 Å². The second kappa shape index (κ2) is 13.1. The van der Waals surface area contributed by atoms with Crippen molar-refractivity contribution in [3.05, 3.63) is 29.8 Å². The van der Waals surface area contributed by atoms with Crippen LogP contribution >= 0.6 is 0 Å². The van der Waals surface area contributed by atoms with E-state index in [1.165, 1.54) is 12.1 Å². The van der Waals surface area contributed by atoms with Crippen molar-refractivity contribution in [1.82, 2.24) is 21.3 Å². The zero-order chi connectivity index (χ0) is 26.1. The molecule has 1 fully saturated rings. The second-order valence-corrected chi connectivity index (χ2v) is 9.52. The molecule has 35 heavy (non-hydrogen) atoms. The number of carbonyl (C=O) groups excluding carboxylic acids is 3. The molecule has 0 saturated carbocycles. The molecule has 5 atom stereocenters. The molecule has 1 aliphatic rings. The zero-order valence-corrected chi connectivity index (χ0v) is 20.8. The number of hydrogen-bond acceptors (Lipinski definition) is 6. The summed E-state index contributed by atoms with van der Waals surface area (Å²) < 4.78 is 0. The van der Waals surface area contributed by atoms with E-state index in [-0.39, 0.29) is 36.0 Å². The van der Waals surface area contributed by atoms with Crippen LogP contribution in [0.2, 0.25) is 0 Å². The van der Waals surface area contributed by atoms with E-state index in [0.717, 1.165) is 18.5 Å². The number of aliphatic carboxylic acids is 1. The lowest BCUT2D eigenvalue weighted by atomic mass is 9.95. The Bertz CT molecular complexity index is 882. The minimum atomic E-state index is -1.15. The second-order valence-electron chi connectivity index (χ2n) is 9.52. The van der Waals surface area contributed by atoms with Crippen LogP contribution in [0.5, 0.6) is 5.75 Å². The van der Waals surface area contributed by atoms with Crippen LogP contribution in [0.4, 0.5) is 0 Å². The maximum atomic E-state index is 13.4. The maximum Gasteiger partial charge on any atom is 0.326 e. The summed E-state index contributed by atoms with van der Waals surface area (Å²) in [4.78, 5) is 50.7. The van der Waals surface area contributed by atoms with Crippen molar-refractivity contribution in [3.8, 4) is 5.75 Å². The van der Waals surface area contributed by atoms with Gasteiger partial charge in [-0.15, -0.1) is 0 Å². The van der Waals surface area contributed by atoms with Gasteiger partial charge in [-0.25, -0.2) is 4.79 Å². The van der Waals surface area contributed by atoms with E-state index in [0.29, 0.717) is 12.8 Å². The number of rotatable bonds is 12. The molecule has 5 unspecified atom stereocenters. The molecule has 0 aromatic heterocycles. The molecule has 0 aliphatic carbocycles. The molecule has 194 valence electrons. The summed E-state index contributed by atoms with van der Waals surface area (Å²) in [5.41, 5.74) is 0.720. The molecule has 10 nitrogen and oxygen atoms in total. The van der Waals surface area contributed by atoms with Gasteiger partial charge in [-0.05, 0) is 48.9 Å². The third kappa shape index (κ3) is 8.24. The highest BCUT2D eigenvalue weighted by Gasteiger charge is 2.34. The fourth-order valence-electron chi connectivity index (χ4n) is 3.97. The van der Waals surface area contributed by atoms with Crippen molar-refractivity contribution in [2.45, 2.75) is 77.5 Å². The van der Waals surface area contributed by atoms with Crippen LogP contribution in [0.25, 0.3) is 0 Å². The SMILES string of the molecule is CCC(C)C(NC(=O)C(Cc1ccc(O)cc1)NC(=O)C1CCCN1)C(=O)NC(C(=O)O)C(C)C. The van der Waals surface area contributed by atoms with Gasteiger partial charge in [0.05, 0.1) is 6.04 Å². The molecule has 10 heteroatoms. The Balaban J connectivity index is 2.22. The number of aromatic hydroxyl groups is 1. The molecule has 1 aromatic carbocycles. The molecular formula is C25H38N4O6. The predicted octanol–water partition coefficient (Wildman–Crippen LogP) is 0.928. The maximum absolute atomic E-state index is 13.4. The van der Waals surface area contributed by atoms with Crippen molar-refractivity contribution < 1.29 is 29.4 Å². The molecule has 6 N–H and O–H groups in total. The summed E-state index contributed by atoms with van der Waals surface area (Å²) in [5, 5.41) is 30.2. The summed E-state index contributed by atoms with van der Waals surface area (Å²) in [6.07, 6.45) is 2.26. The summed E-state index contributed by atoms with van der Waals surface area (Å²) in [6.45, 7) is 7.78. The van der Waals surface area contributed by atoms with Crippen LogP contribution in [0.3, 0.4) is 0 Å². The lowest BCUT2D eigenvalue weighted by Crippen LogP contribution is -2.59. The Labute approximate surface area is 206 Å². The zero-order valence-electron chi connectivity index (χ0n) is 20.8. The average Bonchev–Trinajstić information content (AvgIpc) is 3.35. The summed E-state index contributed by atoms with van der Waals surface area (Å²) in [6, 6.07) is 2.90. The monoisotopic (exact) mass is 490 g/mol. The first-order valence-electron chi connectivity index (χ1n) is 12.2. The summed E-state index contributed by atoms with van der Waals surface area (Å²) in [7, 11) is 0. The minimum Gasteiger partial charge on any atom is -0.508 e. The number of hydrogen-bond donors (Lipinski definition) is 6. The van der Waals surface area contributed by atoms with Gasteiger partial charge >= 0.3 is 5.97 Å². The fraction of sp³-hybridized carbons (Fsp3) is 0.600. The lowest BCUT2D eigenvalue weighted by molar-refractivity contribution is -0.144. The number of amides is 3. The van der Waals surface area contributed by atoms with Crippen molar-refractivity contribution in [3.63, 3.8) is 0 Å². The van der Waals surface area contributed by atoms with E-state index in [1.807, 2.05) is 6.92 Å². The minimum absolute atomic E-state index is 0.0839. The molecule has 1 saturated heterocycles. The number of phenolic OH excluding ortho intramolecular Hbond substituents is 1. The van der Waals surface area contributed by atoms with E-state index in [4.69, 9.17) is 0 Å². The summed E-state index contributed by atoms with van der Waals surface area (Å²) >= 11 is 0. The molecule has 3 amide bonds. The van der Waals surface area contributed by atoms with Crippen LogP contribution in [-0.2, 0) is 25.6 Å². The molecule has 0 bridgehead atoms. The van der Waals surface area contributed by atoms with Crippen LogP contribution in [-0.4, -0.2) is 64.6 Å². The topological polar surface area (TPSA) is 157 Å². The van der Waals surface area contributed by atoms with Gasteiger partial charge in [-0.1, -0.05) is 46.2 Å². The standard InChI is InChI=1S/C25H38N4O6/c1-5-15(4)21(24(33)28-20(14(2)3)25(34)35)29-23(32)19(13-16-8-10-17(30)11-9-16)27-22(31)18-7-6-12-26-18/h8-11,14-15,18-21,26,30H,5-7,12-13H2,1-4H3,(H,27,31)(H,28,33)(H,29,32)(H,34,35). The van der Waals surface area contributed by atoms with E-state index >= 15 is 0 Å². The Morgan fingerprint density at radius 1 is 1.00 bits per heavy atom. The predicted molar refractivity (Wildman–Crippen MR) is 131 cm³/mol. The van der Waals surface area contributed by atoms with Crippen LogP contribution in [0.1, 0.15) is 52.5 Å². The van der Waals surface area contributed by atoms with E-state index in [2.05, 4.69) is 21.3 Å². The largest absolute Gasteiger partial charge is 0.508 e. The normalized spacial score (nSPS) is 18.8. The first-order chi connectivity index (χ1) is 16.5. The van der Waals surface area contributed by atoms with Crippen LogP contribution in [0.15, 0.2) is 24.3 Å². The highest BCUT2D eigenvalue weighted by Crippen LogP contribution is 2.14. The van der Waals surface area contributed by atoms with Crippen molar-refractivity contribution in [2.75, 3.05) is 6.54 Å². The van der Waals surface area contributed by atoms with Gasteiger partial charge in [0, 0.05) is 6.42 Å². The molecular weight excluding hydrogens is 452 g/mol. The Kier molecular flexibility index (Phi) is 10.5. The van der Waals surface area contributed by atoms with Crippen molar-refractivity contribution >= 4 is 23.7 Å². The van der Waals surface area contributed by atoms with Gasteiger partial charge in [0.25, 0.3) is 0 Å². The van der Waals surface area contributed by atoms with Gasteiger partial charge in [-0.3, -0.25) is 14.4 Å². The highest BCUT2D eigenvalue weighted by molar-refractivity contribution is 5.94. The van der Waals surface area contributed by atoms with Gasteiger partial charge in [0.1, 0.15) is 23.9 Å². The number of carboxylic acids is 1. The first-order valence-corrected chi connectivity index (χ1v) is 12.2. The number of nitrogens with one attached hydrogen (secondary N) is 4. The molecule has 2 rings (SSSR count). The smallest absolute Gasteiger partial charge is 0.326 e. The number of carbonyl (C=O) groups is 4. The quantitative estimate of drug-likeness (QED) is 0.254. The molecule has 1 aliphatic heterocycles. The number of phenols is 1. The molecule has 0 spiro atoms. The van der Waals surface area contributed by atoms with Gasteiger partial charge < -0.3 is 31.5 Å². The first kappa shape index (κ1) is 28.1. The summed E-state index contributed by atoms with van der Waals surface area (Å²) in [5.74, 6) is -3.10. The highest BCUT2D eigenvalue weighted by atomic mass is 16.4. The Hall–Kier alpha value is -3.14. The molecule has 1 heterocycles. The van der Waals surface area contributed by atoms with Crippen LogP contribution in [0, 0.1) is 11.8 Å². The Morgan fingerprint density at radius 3 is 2.14 bits per heavy atom. The van der Waals surface area contributed by atoms with Gasteiger partial charge in [0.2, 0.25) is 17.7 Å². The molecule has 1 aromatic rings. The van der Waals surface area contributed by atoms with Crippen molar-refractivity contribution in [2.24, 2.45) is 11.8 Å². The van der Waals surface area contributed by atoms with Gasteiger partial charge in [0.15, 0.2) is 0 Å². The third-order valence-corrected chi connectivity index (χ3v) is 6.41. The van der Waals surface area contributed by atoms with Gasteiger partial charge in [-0.2, -0.15) is 0 Å². The fourth-order valence-corrected chi connectivity index (χ4v) is 3.97. The van der Waals surface area contributed by atoms with E-state index in [9.17, 15) is 29.4 Å². The number of carboxylic acid groups (broad SMARTS) is 1. The molecule has 0 radical (unpaired) electrons. The average molecular weight is 491 g/mol. The van der Waals surface area contributed by atoms with E-state index in [1.54, 1.807) is 32.9 Å². The van der Waals surface area contributed by atoms with Crippen LogP contribution < -0.4 is 21.3 Å². The van der Waals surface area contributed by atoms with Crippen molar-refractivity contribution in [1.29, 1.82) is 0 Å².